The molecule has 0 bridgehead atoms. The van der Waals surface area contributed by atoms with Crippen LogP contribution in [0, 0.1) is 25.2 Å². The number of hydrogen-bond donors (Lipinski definition) is 2. The molecule has 2 rings (SSSR count). The number of carbonyl (C=O) groups is 1. The Morgan fingerprint density at radius 1 is 1.54 bits per heavy atom. The zero-order valence-electron chi connectivity index (χ0n) is 14.1. The van der Waals surface area contributed by atoms with Crippen LogP contribution in [0.15, 0.2) is 9.95 Å². The number of nitrogens with one attached hydrogen (secondary N) is 2. The minimum absolute atomic E-state index is 0.130. The number of thiophene rings is 1. The van der Waals surface area contributed by atoms with Gasteiger partial charge >= 0.3 is 0 Å². The van der Waals surface area contributed by atoms with Crippen molar-refractivity contribution in [3.8, 4) is 12.3 Å². The smallest absolute Gasteiger partial charge is 0.260 e. The predicted molar refractivity (Wildman–Crippen MR) is 101 cm³/mol. The first-order chi connectivity index (χ1) is 11.5. The fourth-order valence-electron chi connectivity index (χ4n) is 2.30. The van der Waals surface area contributed by atoms with Gasteiger partial charge in [-0.1, -0.05) is 38.0 Å². The third-order valence-corrected chi connectivity index (χ3v) is 5.73. The fourth-order valence-corrected chi connectivity index (χ4v) is 4.10. The van der Waals surface area contributed by atoms with E-state index in [0.29, 0.717) is 16.5 Å². The van der Waals surface area contributed by atoms with E-state index >= 15 is 0 Å². The van der Waals surface area contributed by atoms with E-state index in [2.05, 4.69) is 35.1 Å². The molecule has 2 aromatic heterocycles. The van der Waals surface area contributed by atoms with Crippen molar-refractivity contribution in [3.05, 3.63) is 20.8 Å². The molecule has 0 radical (unpaired) electrons. The maximum Gasteiger partial charge on any atom is 0.260 e. The lowest BCUT2D eigenvalue weighted by molar-refractivity contribution is -0.118. The van der Waals surface area contributed by atoms with Gasteiger partial charge in [-0.05, 0) is 24.8 Å². The molecule has 5 nitrogen and oxygen atoms in total. The van der Waals surface area contributed by atoms with E-state index in [0.717, 1.165) is 28.1 Å². The summed E-state index contributed by atoms with van der Waals surface area (Å²) in [6.45, 7) is 6.57. The summed E-state index contributed by atoms with van der Waals surface area (Å²) in [7, 11) is 0. The standard InChI is InChI=1S/C17H21N3O2S2/c1-5-7-18-13(21)9-23-17-19-15(22)14-12(8-10(3)6-2)11(4)24-16(14)20-17/h1,10H,6-9H2,2-4H3,(H,18,21)(H,19,20,22)/t10-/m0/s1. The predicted octanol–water partition coefficient (Wildman–Crippen LogP) is 2.72. The highest BCUT2D eigenvalue weighted by atomic mass is 32.2. The van der Waals surface area contributed by atoms with Gasteiger partial charge in [0.1, 0.15) is 4.83 Å². The normalized spacial score (nSPS) is 12.1. The number of amides is 1. The van der Waals surface area contributed by atoms with Crippen LogP contribution in [-0.2, 0) is 11.2 Å². The molecule has 0 aliphatic heterocycles. The van der Waals surface area contributed by atoms with Crippen molar-refractivity contribution in [2.45, 2.75) is 38.8 Å². The number of carbonyl (C=O) groups excluding carboxylic acids is 1. The Hall–Kier alpha value is -1.78. The van der Waals surface area contributed by atoms with E-state index in [1.807, 2.05) is 6.92 Å². The van der Waals surface area contributed by atoms with Crippen LogP contribution < -0.4 is 10.9 Å². The summed E-state index contributed by atoms with van der Waals surface area (Å²) < 4.78 is 0. The number of thioether (sulfide) groups is 1. The first-order valence-corrected chi connectivity index (χ1v) is 9.61. The number of aromatic amines is 1. The summed E-state index contributed by atoms with van der Waals surface area (Å²) in [4.78, 5) is 33.3. The lowest BCUT2D eigenvalue weighted by atomic mass is 9.98. The minimum Gasteiger partial charge on any atom is -0.344 e. The third kappa shape index (κ3) is 4.40. The summed E-state index contributed by atoms with van der Waals surface area (Å²) >= 11 is 2.74. The molecule has 0 aromatic carbocycles. The fraction of sp³-hybridized carbons (Fsp3) is 0.471. The van der Waals surface area contributed by atoms with E-state index in [1.165, 1.54) is 23.1 Å². The van der Waals surface area contributed by atoms with Gasteiger partial charge in [0.15, 0.2) is 5.16 Å². The number of H-pyrrole nitrogens is 1. The number of fused-ring (bicyclic) bond motifs is 1. The Kier molecular flexibility index (Phi) is 6.46. The van der Waals surface area contributed by atoms with Gasteiger partial charge in [0.05, 0.1) is 17.7 Å². The first-order valence-electron chi connectivity index (χ1n) is 7.81. The molecule has 0 fully saturated rings. The number of hydrogen-bond acceptors (Lipinski definition) is 5. The van der Waals surface area contributed by atoms with Crippen molar-refractivity contribution in [3.63, 3.8) is 0 Å². The molecule has 128 valence electrons. The van der Waals surface area contributed by atoms with Gasteiger partial charge in [-0.3, -0.25) is 9.59 Å². The zero-order chi connectivity index (χ0) is 17.7. The molecule has 0 aliphatic carbocycles. The molecule has 7 heteroatoms. The quantitative estimate of drug-likeness (QED) is 0.451. The van der Waals surface area contributed by atoms with Gasteiger partial charge in [-0.15, -0.1) is 17.8 Å². The molecular weight excluding hydrogens is 342 g/mol. The molecule has 2 heterocycles. The van der Waals surface area contributed by atoms with E-state index < -0.39 is 0 Å². The molecule has 24 heavy (non-hydrogen) atoms. The van der Waals surface area contributed by atoms with Crippen LogP contribution in [-0.4, -0.2) is 28.2 Å². The Morgan fingerprint density at radius 2 is 2.29 bits per heavy atom. The van der Waals surface area contributed by atoms with E-state index in [9.17, 15) is 9.59 Å². The molecule has 0 saturated carbocycles. The number of rotatable bonds is 7. The van der Waals surface area contributed by atoms with Crippen molar-refractivity contribution in [2.75, 3.05) is 12.3 Å². The van der Waals surface area contributed by atoms with Crippen molar-refractivity contribution in [2.24, 2.45) is 5.92 Å². The highest BCUT2D eigenvalue weighted by Gasteiger charge is 2.17. The van der Waals surface area contributed by atoms with Gasteiger partial charge in [-0.2, -0.15) is 0 Å². The van der Waals surface area contributed by atoms with Gasteiger partial charge in [0.2, 0.25) is 5.91 Å². The Balaban J connectivity index is 2.23. The maximum absolute atomic E-state index is 12.5. The van der Waals surface area contributed by atoms with E-state index in [-0.39, 0.29) is 23.8 Å². The highest BCUT2D eigenvalue weighted by molar-refractivity contribution is 7.99. The number of aryl methyl sites for hydroxylation is 1. The van der Waals surface area contributed by atoms with Crippen molar-refractivity contribution in [1.82, 2.24) is 15.3 Å². The summed E-state index contributed by atoms with van der Waals surface area (Å²) in [5, 5.41) is 3.73. The summed E-state index contributed by atoms with van der Waals surface area (Å²) in [5.74, 6) is 2.86. The second-order valence-electron chi connectivity index (χ2n) is 5.68. The Bertz CT molecular complexity index is 833. The van der Waals surface area contributed by atoms with Gasteiger partial charge in [0.25, 0.3) is 5.56 Å². The van der Waals surface area contributed by atoms with Gasteiger partial charge in [-0.25, -0.2) is 4.98 Å². The molecule has 0 unspecified atom stereocenters. The number of nitrogens with zero attached hydrogens (tertiary/aromatic N) is 1. The van der Waals surface area contributed by atoms with Crippen LogP contribution in [0.25, 0.3) is 10.2 Å². The van der Waals surface area contributed by atoms with Gasteiger partial charge in [0, 0.05) is 4.88 Å². The summed E-state index contributed by atoms with van der Waals surface area (Å²) in [5.41, 5.74) is 0.968. The number of terminal acetylenes is 1. The molecule has 0 spiro atoms. The topological polar surface area (TPSA) is 74.8 Å². The lowest BCUT2D eigenvalue weighted by Crippen LogP contribution is -2.25. The second-order valence-corrected chi connectivity index (χ2v) is 7.84. The van der Waals surface area contributed by atoms with Crippen molar-refractivity contribution >= 4 is 39.2 Å². The molecule has 2 N–H and O–H groups in total. The zero-order valence-corrected chi connectivity index (χ0v) is 15.7. The molecular formula is C17H21N3O2S2. The lowest BCUT2D eigenvalue weighted by Gasteiger charge is -2.08. The monoisotopic (exact) mass is 363 g/mol. The molecule has 1 atom stereocenters. The maximum atomic E-state index is 12.5. The first kappa shape index (κ1) is 18.6. The van der Waals surface area contributed by atoms with Crippen LogP contribution in [0.1, 0.15) is 30.7 Å². The average molecular weight is 364 g/mol. The Labute approximate surface area is 149 Å². The van der Waals surface area contributed by atoms with E-state index in [4.69, 9.17) is 6.42 Å². The molecule has 0 aliphatic rings. The van der Waals surface area contributed by atoms with Crippen LogP contribution >= 0.6 is 23.1 Å². The molecule has 1 amide bonds. The van der Waals surface area contributed by atoms with Gasteiger partial charge < -0.3 is 10.3 Å². The van der Waals surface area contributed by atoms with Crippen molar-refractivity contribution in [1.29, 1.82) is 0 Å². The Morgan fingerprint density at radius 3 is 2.96 bits per heavy atom. The minimum atomic E-state index is -0.180. The average Bonchev–Trinajstić information content (AvgIpc) is 2.86. The number of aromatic nitrogens is 2. The molecule has 0 saturated heterocycles. The highest BCUT2D eigenvalue weighted by Crippen LogP contribution is 2.30. The van der Waals surface area contributed by atoms with Crippen molar-refractivity contribution < 1.29 is 4.79 Å². The molecule has 2 aromatic rings. The summed E-state index contributed by atoms with van der Waals surface area (Å²) in [6.07, 6.45) is 7.05. The van der Waals surface area contributed by atoms with Crippen LogP contribution in [0.5, 0.6) is 0 Å². The SMILES string of the molecule is C#CCNC(=O)CSc1nc2sc(C)c(C[C@@H](C)CC)c2c(=O)[nH]1. The van der Waals surface area contributed by atoms with Crippen LogP contribution in [0.2, 0.25) is 0 Å². The third-order valence-electron chi connectivity index (χ3n) is 3.82. The second kappa shape index (κ2) is 8.36. The van der Waals surface area contributed by atoms with E-state index in [1.54, 1.807) is 0 Å². The summed E-state index contributed by atoms with van der Waals surface area (Å²) in [6, 6.07) is 0. The van der Waals surface area contributed by atoms with Crippen LogP contribution in [0.4, 0.5) is 0 Å². The van der Waals surface area contributed by atoms with Crippen LogP contribution in [0.3, 0.4) is 0 Å². The largest absolute Gasteiger partial charge is 0.344 e.